The third-order valence-electron chi connectivity index (χ3n) is 6.20. The van der Waals surface area contributed by atoms with E-state index in [1.165, 1.54) is 57.8 Å². The molecule has 2 aromatic rings. The number of halogens is 3. The van der Waals surface area contributed by atoms with Crippen LogP contribution in [0.2, 0.25) is 0 Å². The molecule has 3 N–H and O–H groups in total. The largest absolute Gasteiger partial charge is 0.339 e. The first kappa shape index (κ1) is 31.0. The van der Waals surface area contributed by atoms with Crippen molar-refractivity contribution in [2.75, 3.05) is 5.32 Å². The topological polar surface area (TPSA) is 53.2 Å². The van der Waals surface area contributed by atoms with Crippen LogP contribution < -0.4 is 16.0 Å². The molecule has 0 aliphatic carbocycles. The van der Waals surface area contributed by atoms with Gasteiger partial charge in [0.25, 0.3) is 0 Å². The average molecular weight is 573 g/mol. The van der Waals surface area contributed by atoms with Crippen molar-refractivity contribution in [3.63, 3.8) is 0 Å². The first-order valence-corrected chi connectivity index (χ1v) is 14.8. The van der Waals surface area contributed by atoms with Crippen molar-refractivity contribution in [3.05, 3.63) is 42.5 Å². The van der Waals surface area contributed by atoms with E-state index in [9.17, 15) is 4.79 Å². The number of anilines is 1. The summed E-state index contributed by atoms with van der Waals surface area (Å²) >= 11 is 23.8. The number of rotatable bonds is 16. The number of nitrogens with one attached hydrogen (secondary N) is 3. The molecule has 4 nitrogen and oxygen atoms in total. The van der Waals surface area contributed by atoms with Crippen LogP contribution in [0.3, 0.4) is 0 Å². The molecule has 0 radical (unpaired) electrons. The average Bonchev–Trinajstić information content (AvgIpc) is 2.84. The lowest BCUT2D eigenvalue weighted by atomic mass is 10.0. The fourth-order valence-electron chi connectivity index (χ4n) is 4.18. The maximum Gasteiger partial charge on any atom is 0.228 e. The van der Waals surface area contributed by atoms with Crippen LogP contribution in [0, 0.1) is 0 Å². The number of carbonyl (C=O) groups excluding carboxylic acids is 1. The van der Waals surface area contributed by atoms with Crippen LogP contribution in [-0.2, 0) is 4.79 Å². The van der Waals surface area contributed by atoms with Gasteiger partial charge in [-0.3, -0.25) is 4.79 Å². The Hall–Kier alpha value is -1.27. The van der Waals surface area contributed by atoms with E-state index in [0.717, 1.165) is 35.7 Å². The highest BCUT2D eigenvalue weighted by Crippen LogP contribution is 2.29. The smallest absolute Gasteiger partial charge is 0.228 e. The van der Waals surface area contributed by atoms with E-state index in [-0.39, 0.29) is 11.0 Å². The van der Waals surface area contributed by atoms with Gasteiger partial charge in [0.05, 0.1) is 0 Å². The Labute approximate surface area is 237 Å². The van der Waals surface area contributed by atoms with E-state index in [1.807, 2.05) is 42.5 Å². The quantitative estimate of drug-likeness (QED) is 0.0813. The van der Waals surface area contributed by atoms with E-state index in [4.69, 9.17) is 47.0 Å². The van der Waals surface area contributed by atoms with Crippen LogP contribution in [-0.4, -0.2) is 21.0 Å². The highest BCUT2D eigenvalue weighted by Gasteiger charge is 2.34. The molecule has 0 saturated carbocycles. The van der Waals surface area contributed by atoms with Gasteiger partial charge in [-0.05, 0) is 30.1 Å². The summed E-state index contributed by atoms with van der Waals surface area (Å²) in [4.78, 5) is 12.5. The zero-order valence-electron chi connectivity index (χ0n) is 21.3. The summed E-state index contributed by atoms with van der Waals surface area (Å²) in [5.41, 5.74) is 0.830. The number of unbranched alkanes of at least 4 members (excludes halogenated alkanes) is 11. The van der Waals surface area contributed by atoms with Gasteiger partial charge in [0, 0.05) is 17.5 Å². The van der Waals surface area contributed by atoms with Crippen molar-refractivity contribution in [3.8, 4) is 0 Å². The van der Waals surface area contributed by atoms with E-state index in [1.54, 1.807) is 0 Å². The lowest BCUT2D eigenvalue weighted by Crippen LogP contribution is -2.56. The Morgan fingerprint density at radius 2 is 1.36 bits per heavy atom. The van der Waals surface area contributed by atoms with Crippen molar-refractivity contribution < 1.29 is 4.79 Å². The molecule has 1 amide bonds. The first-order valence-electron chi connectivity index (χ1n) is 13.2. The summed E-state index contributed by atoms with van der Waals surface area (Å²) in [5.74, 6) is -0.168. The molecular formula is C28H40Cl3N3OS. The minimum atomic E-state index is -1.77. The predicted octanol–water partition coefficient (Wildman–Crippen LogP) is 9.03. The first-order chi connectivity index (χ1) is 17.3. The molecule has 2 aromatic carbocycles. The second-order valence-electron chi connectivity index (χ2n) is 9.31. The second-order valence-corrected chi connectivity index (χ2v) is 12.1. The molecule has 1 atom stereocenters. The zero-order valence-corrected chi connectivity index (χ0v) is 24.3. The minimum absolute atomic E-state index is 0.168. The monoisotopic (exact) mass is 571 g/mol. The fraction of sp³-hybridized carbons (Fsp3) is 0.571. The van der Waals surface area contributed by atoms with Crippen molar-refractivity contribution in [1.82, 2.24) is 10.6 Å². The molecule has 2 rings (SSSR count). The van der Waals surface area contributed by atoms with Crippen LogP contribution >= 0.6 is 47.0 Å². The van der Waals surface area contributed by atoms with E-state index >= 15 is 0 Å². The summed E-state index contributed by atoms with van der Waals surface area (Å²) in [6.07, 6.45) is 14.3. The fourth-order valence-corrected chi connectivity index (χ4v) is 4.74. The van der Waals surface area contributed by atoms with E-state index in [0.29, 0.717) is 6.42 Å². The second kappa shape index (κ2) is 17.3. The Balaban J connectivity index is 1.67. The number of hydrogen-bond acceptors (Lipinski definition) is 2. The molecule has 0 aliphatic rings. The van der Waals surface area contributed by atoms with Gasteiger partial charge in [-0.25, -0.2) is 0 Å². The molecule has 200 valence electrons. The highest BCUT2D eigenvalue weighted by atomic mass is 35.6. The van der Waals surface area contributed by atoms with Gasteiger partial charge in [-0.15, -0.1) is 0 Å². The molecule has 0 fully saturated rings. The van der Waals surface area contributed by atoms with Crippen LogP contribution in [0.1, 0.15) is 90.4 Å². The van der Waals surface area contributed by atoms with Gasteiger partial charge in [0.15, 0.2) is 5.11 Å². The minimum Gasteiger partial charge on any atom is -0.339 e. The molecule has 36 heavy (non-hydrogen) atoms. The van der Waals surface area contributed by atoms with Crippen LogP contribution in [0.25, 0.3) is 10.8 Å². The molecule has 0 heterocycles. The van der Waals surface area contributed by atoms with Crippen molar-refractivity contribution in [2.45, 2.75) is 100 Å². The molecule has 0 bridgehead atoms. The summed E-state index contributed by atoms with van der Waals surface area (Å²) in [7, 11) is 0. The summed E-state index contributed by atoms with van der Waals surface area (Å²) in [5, 5.41) is 11.2. The Kier molecular flexibility index (Phi) is 14.9. The predicted molar refractivity (Wildman–Crippen MR) is 161 cm³/mol. The molecule has 0 aromatic heterocycles. The molecule has 8 heteroatoms. The van der Waals surface area contributed by atoms with Crippen LogP contribution in [0.5, 0.6) is 0 Å². The standard InChI is InChI=1S/C28H40Cl3N3OS/c1-2-3-4-5-6-7-8-9-10-11-12-13-21-25(35)33-26(28(29,30)31)34-27(36)32-24-20-16-18-22-17-14-15-19-23(22)24/h14-20,26H,2-13,21H2,1H3,(H,33,35)(H2,32,34,36)/t26-/m0/s1. The maximum atomic E-state index is 12.5. The lowest BCUT2D eigenvalue weighted by Gasteiger charge is -2.28. The molecule has 0 aliphatic heterocycles. The van der Waals surface area contributed by atoms with Gasteiger partial charge in [0.2, 0.25) is 9.70 Å². The number of alkyl halides is 3. The van der Waals surface area contributed by atoms with Gasteiger partial charge in [0.1, 0.15) is 6.17 Å². The number of carbonyl (C=O) groups is 1. The lowest BCUT2D eigenvalue weighted by molar-refractivity contribution is -0.122. The maximum absolute atomic E-state index is 12.5. The van der Waals surface area contributed by atoms with Gasteiger partial charge >= 0.3 is 0 Å². The highest BCUT2D eigenvalue weighted by molar-refractivity contribution is 7.80. The third kappa shape index (κ3) is 12.3. The summed E-state index contributed by atoms with van der Waals surface area (Å²) in [6, 6.07) is 13.9. The van der Waals surface area contributed by atoms with Gasteiger partial charge < -0.3 is 16.0 Å². The SMILES string of the molecule is CCCCCCCCCCCCCCC(=O)N[C@@H](NC(=S)Nc1cccc2ccccc12)C(Cl)(Cl)Cl. The Morgan fingerprint density at radius 3 is 1.97 bits per heavy atom. The number of benzene rings is 2. The van der Waals surface area contributed by atoms with Crippen molar-refractivity contribution in [2.24, 2.45) is 0 Å². The zero-order chi connectivity index (χ0) is 26.2. The van der Waals surface area contributed by atoms with E-state index < -0.39 is 9.96 Å². The van der Waals surface area contributed by atoms with Crippen LogP contribution in [0.4, 0.5) is 5.69 Å². The molecular weight excluding hydrogens is 533 g/mol. The Bertz CT molecular complexity index is 930. The van der Waals surface area contributed by atoms with Crippen molar-refractivity contribution >= 4 is 74.5 Å². The van der Waals surface area contributed by atoms with Gasteiger partial charge in [-0.2, -0.15) is 0 Å². The summed E-state index contributed by atoms with van der Waals surface area (Å²) in [6.45, 7) is 2.25. The van der Waals surface area contributed by atoms with Crippen LogP contribution in [0.15, 0.2) is 42.5 Å². The Morgan fingerprint density at radius 1 is 0.806 bits per heavy atom. The normalized spacial score (nSPS) is 12.3. The number of hydrogen-bond donors (Lipinski definition) is 3. The third-order valence-corrected chi connectivity index (χ3v) is 7.08. The molecule has 0 saturated heterocycles. The van der Waals surface area contributed by atoms with E-state index in [2.05, 4.69) is 22.9 Å². The van der Waals surface area contributed by atoms with Gasteiger partial charge in [-0.1, -0.05) is 149 Å². The summed E-state index contributed by atoms with van der Waals surface area (Å²) < 4.78 is -1.77. The number of amides is 1. The molecule has 0 spiro atoms. The number of fused-ring (bicyclic) bond motifs is 1. The number of thiocarbonyl (C=S) groups is 1. The molecule has 0 unspecified atom stereocenters. The van der Waals surface area contributed by atoms with Crippen molar-refractivity contribution in [1.29, 1.82) is 0 Å².